The number of aliphatic hydroxyl groups excluding tert-OH is 1. The van der Waals surface area contributed by atoms with Crippen molar-refractivity contribution in [1.29, 1.82) is 0 Å². The predicted molar refractivity (Wildman–Crippen MR) is 60.1 cm³/mol. The number of benzene rings is 1. The van der Waals surface area contributed by atoms with Crippen LogP contribution < -0.4 is 0 Å². The van der Waals surface area contributed by atoms with E-state index in [4.69, 9.17) is 0 Å². The molecule has 2 unspecified atom stereocenters. The Morgan fingerprint density at radius 1 is 1.20 bits per heavy atom. The van der Waals surface area contributed by atoms with Gasteiger partial charge >= 0.3 is 0 Å². The molecule has 84 valence electrons. The van der Waals surface area contributed by atoms with Crippen LogP contribution in [0.25, 0.3) is 0 Å². The number of rotatable bonds is 3. The topological polar surface area (TPSA) is 20.2 Å². The molecule has 0 amide bonds. The highest BCUT2D eigenvalue weighted by molar-refractivity contribution is 5.25. The van der Waals surface area contributed by atoms with Gasteiger partial charge in [0.25, 0.3) is 0 Å². The van der Waals surface area contributed by atoms with Gasteiger partial charge in [0.15, 0.2) is 0 Å². The summed E-state index contributed by atoms with van der Waals surface area (Å²) in [4.78, 5) is 0. The summed E-state index contributed by atoms with van der Waals surface area (Å²) < 4.78 is 13.0. The van der Waals surface area contributed by atoms with Crippen LogP contribution in [0.1, 0.15) is 38.0 Å². The molecular weight excluding hydrogens is 191 g/mol. The van der Waals surface area contributed by atoms with Crippen molar-refractivity contribution in [2.24, 2.45) is 11.8 Å². The first kappa shape index (κ1) is 12.2. The molecule has 0 saturated heterocycles. The van der Waals surface area contributed by atoms with Gasteiger partial charge in [0.2, 0.25) is 0 Å². The monoisotopic (exact) mass is 210 g/mol. The Labute approximate surface area is 90.9 Å². The van der Waals surface area contributed by atoms with Crippen molar-refractivity contribution in [1.82, 2.24) is 0 Å². The zero-order valence-electron chi connectivity index (χ0n) is 9.79. The summed E-state index contributed by atoms with van der Waals surface area (Å²) in [7, 11) is 0. The van der Waals surface area contributed by atoms with Crippen molar-refractivity contribution in [3.8, 4) is 0 Å². The smallest absolute Gasteiger partial charge is 0.126 e. The molecule has 1 rings (SSSR count). The maximum absolute atomic E-state index is 13.0. The molecule has 1 aromatic carbocycles. The molecule has 1 N–H and O–H groups in total. The van der Waals surface area contributed by atoms with Crippen LogP contribution in [0.2, 0.25) is 0 Å². The molecule has 1 aromatic rings. The van der Waals surface area contributed by atoms with Crippen molar-refractivity contribution in [2.45, 2.75) is 33.8 Å². The first-order valence-corrected chi connectivity index (χ1v) is 5.37. The summed E-state index contributed by atoms with van der Waals surface area (Å²) in [5, 5.41) is 10.1. The van der Waals surface area contributed by atoms with Crippen LogP contribution in [0.3, 0.4) is 0 Å². The molecule has 0 aliphatic heterocycles. The van der Waals surface area contributed by atoms with Crippen molar-refractivity contribution >= 4 is 0 Å². The first-order valence-electron chi connectivity index (χ1n) is 5.37. The fourth-order valence-corrected chi connectivity index (χ4v) is 1.52. The lowest BCUT2D eigenvalue weighted by molar-refractivity contribution is 0.0920. The zero-order valence-corrected chi connectivity index (χ0v) is 9.79. The van der Waals surface area contributed by atoms with E-state index in [0.29, 0.717) is 11.5 Å². The molecule has 0 spiro atoms. The Balaban J connectivity index is 2.91. The molecule has 0 saturated carbocycles. The van der Waals surface area contributed by atoms with E-state index >= 15 is 0 Å². The lowest BCUT2D eigenvalue weighted by Crippen LogP contribution is -2.15. The summed E-state index contributed by atoms with van der Waals surface area (Å²) in [6.45, 7) is 7.87. The van der Waals surface area contributed by atoms with E-state index in [1.54, 1.807) is 19.1 Å². The standard InChI is InChI=1S/C13H19FO/c1-8(2)10(4)13(15)11-5-6-12(14)9(3)7-11/h5-8,10,13,15H,1-4H3. The number of hydrogen-bond acceptors (Lipinski definition) is 1. The van der Waals surface area contributed by atoms with E-state index in [9.17, 15) is 9.50 Å². The maximum Gasteiger partial charge on any atom is 0.126 e. The van der Waals surface area contributed by atoms with Crippen molar-refractivity contribution in [3.05, 3.63) is 35.1 Å². The predicted octanol–water partition coefficient (Wildman–Crippen LogP) is 3.46. The summed E-state index contributed by atoms with van der Waals surface area (Å²) in [5.41, 5.74) is 1.39. The van der Waals surface area contributed by atoms with Gasteiger partial charge in [0.1, 0.15) is 5.82 Å². The maximum atomic E-state index is 13.0. The second-order valence-electron chi connectivity index (χ2n) is 4.56. The summed E-state index contributed by atoms with van der Waals surface area (Å²) in [6, 6.07) is 4.80. The number of aliphatic hydroxyl groups is 1. The van der Waals surface area contributed by atoms with E-state index in [1.807, 2.05) is 6.92 Å². The van der Waals surface area contributed by atoms with Gasteiger partial charge in [-0.2, -0.15) is 0 Å². The van der Waals surface area contributed by atoms with E-state index < -0.39 is 6.10 Å². The minimum Gasteiger partial charge on any atom is -0.388 e. The first-order chi connectivity index (χ1) is 6.93. The quantitative estimate of drug-likeness (QED) is 0.810. The van der Waals surface area contributed by atoms with Gasteiger partial charge < -0.3 is 5.11 Å². The lowest BCUT2D eigenvalue weighted by atomic mass is 9.88. The summed E-state index contributed by atoms with van der Waals surface area (Å²) >= 11 is 0. The highest BCUT2D eigenvalue weighted by atomic mass is 19.1. The van der Waals surface area contributed by atoms with Gasteiger partial charge in [-0.15, -0.1) is 0 Å². The van der Waals surface area contributed by atoms with E-state index in [0.717, 1.165) is 5.56 Å². The van der Waals surface area contributed by atoms with Gasteiger partial charge in [0.05, 0.1) is 6.10 Å². The molecule has 0 fully saturated rings. The highest BCUT2D eigenvalue weighted by Gasteiger charge is 2.19. The summed E-state index contributed by atoms with van der Waals surface area (Å²) in [5.74, 6) is 0.364. The van der Waals surface area contributed by atoms with Crippen LogP contribution in [0, 0.1) is 24.6 Å². The van der Waals surface area contributed by atoms with Gasteiger partial charge in [0, 0.05) is 0 Å². The zero-order chi connectivity index (χ0) is 11.6. The van der Waals surface area contributed by atoms with Crippen LogP contribution in [-0.4, -0.2) is 5.11 Å². The lowest BCUT2D eigenvalue weighted by Gasteiger charge is -2.22. The van der Waals surface area contributed by atoms with Crippen LogP contribution in [-0.2, 0) is 0 Å². The second kappa shape index (κ2) is 4.75. The molecule has 1 nitrogen and oxygen atoms in total. The van der Waals surface area contributed by atoms with Crippen molar-refractivity contribution in [2.75, 3.05) is 0 Å². The Bertz CT molecular complexity index is 333. The van der Waals surface area contributed by atoms with Gasteiger partial charge in [-0.05, 0) is 36.0 Å². The Hall–Kier alpha value is -0.890. The third-order valence-corrected chi connectivity index (χ3v) is 3.07. The van der Waals surface area contributed by atoms with E-state index in [-0.39, 0.29) is 11.7 Å². The molecule has 15 heavy (non-hydrogen) atoms. The minimum atomic E-state index is -0.510. The fraction of sp³-hybridized carbons (Fsp3) is 0.538. The second-order valence-corrected chi connectivity index (χ2v) is 4.56. The highest BCUT2D eigenvalue weighted by Crippen LogP contribution is 2.28. The molecule has 0 heterocycles. The third kappa shape index (κ3) is 2.78. The Morgan fingerprint density at radius 3 is 2.27 bits per heavy atom. The van der Waals surface area contributed by atoms with Gasteiger partial charge in [-0.3, -0.25) is 0 Å². The Kier molecular flexibility index (Phi) is 3.86. The molecule has 0 radical (unpaired) electrons. The fourth-order valence-electron chi connectivity index (χ4n) is 1.52. The molecule has 0 aliphatic rings. The SMILES string of the molecule is Cc1cc(C(O)C(C)C(C)C)ccc1F. The number of aryl methyl sites for hydroxylation is 1. The Morgan fingerprint density at radius 2 is 1.80 bits per heavy atom. The van der Waals surface area contributed by atoms with Crippen molar-refractivity contribution < 1.29 is 9.50 Å². The van der Waals surface area contributed by atoms with Crippen LogP contribution in [0.5, 0.6) is 0 Å². The van der Waals surface area contributed by atoms with Gasteiger partial charge in [-0.1, -0.05) is 32.9 Å². The van der Waals surface area contributed by atoms with Crippen LogP contribution in [0.4, 0.5) is 4.39 Å². The minimum absolute atomic E-state index is 0.176. The molecule has 2 atom stereocenters. The molecule has 0 aromatic heterocycles. The van der Waals surface area contributed by atoms with Gasteiger partial charge in [-0.25, -0.2) is 4.39 Å². The van der Waals surface area contributed by atoms with E-state index in [2.05, 4.69) is 13.8 Å². The van der Waals surface area contributed by atoms with E-state index in [1.165, 1.54) is 6.07 Å². The summed E-state index contributed by atoms with van der Waals surface area (Å²) in [6.07, 6.45) is -0.510. The average Bonchev–Trinajstić information content (AvgIpc) is 2.19. The molecule has 2 heteroatoms. The van der Waals surface area contributed by atoms with Crippen LogP contribution >= 0.6 is 0 Å². The molecular formula is C13H19FO. The number of hydrogen-bond donors (Lipinski definition) is 1. The average molecular weight is 210 g/mol. The third-order valence-electron chi connectivity index (χ3n) is 3.07. The van der Waals surface area contributed by atoms with Crippen molar-refractivity contribution in [3.63, 3.8) is 0 Å². The normalized spacial score (nSPS) is 15.4. The molecule has 0 bridgehead atoms. The molecule has 0 aliphatic carbocycles. The number of halogens is 1. The largest absolute Gasteiger partial charge is 0.388 e. The van der Waals surface area contributed by atoms with Crippen LogP contribution in [0.15, 0.2) is 18.2 Å².